The van der Waals surface area contributed by atoms with Crippen molar-refractivity contribution in [3.63, 3.8) is 0 Å². The van der Waals surface area contributed by atoms with Crippen LogP contribution in [0.5, 0.6) is 0 Å². The fourth-order valence-electron chi connectivity index (χ4n) is 0.969. The molecule has 58 valence electrons. The molecule has 0 aromatic heterocycles. The third-order valence-electron chi connectivity index (χ3n) is 1.47. The molecule has 0 aliphatic carbocycles. The minimum atomic E-state index is 0.426. The molecule has 3 N–H and O–H groups in total. The van der Waals surface area contributed by atoms with Crippen LogP contribution in [0, 0.1) is 0 Å². The molecule has 2 aliphatic heterocycles. The lowest BCUT2D eigenvalue weighted by Gasteiger charge is -2.19. The van der Waals surface area contributed by atoms with E-state index in [0.29, 0.717) is 30.7 Å². The lowest BCUT2D eigenvalue weighted by Crippen LogP contribution is -2.32. The molecule has 0 saturated carbocycles. The summed E-state index contributed by atoms with van der Waals surface area (Å²) in [6.45, 7) is 0.947. The zero-order chi connectivity index (χ0) is 7.68. The van der Waals surface area contributed by atoms with Crippen LogP contribution in [-0.4, -0.2) is 25.3 Å². The first-order valence-electron chi connectivity index (χ1n) is 3.31. The topological polar surface area (TPSA) is 72.0 Å². The summed E-state index contributed by atoms with van der Waals surface area (Å²) in [7, 11) is 0. The van der Waals surface area contributed by atoms with Gasteiger partial charge in [-0.25, -0.2) is 9.98 Å². The Bertz CT molecular complexity index is 266. The summed E-state index contributed by atoms with van der Waals surface area (Å²) in [5.74, 6) is 1.68. The number of rotatable bonds is 0. The molecule has 0 spiro atoms. The second-order valence-electron chi connectivity index (χ2n) is 2.18. The van der Waals surface area contributed by atoms with Crippen LogP contribution in [0.4, 0.5) is 0 Å². The molecule has 0 bridgehead atoms. The minimum Gasteiger partial charge on any atom is -0.481 e. The molecule has 2 heterocycles. The van der Waals surface area contributed by atoms with E-state index in [0.717, 1.165) is 0 Å². The van der Waals surface area contributed by atoms with Crippen molar-refractivity contribution in [3.05, 3.63) is 11.6 Å². The standard InChI is InChI=1S/C6H8N4O/c7-5-4-6(10-3-9-5)8-1-2-11-4/h1,10H,2-3H2,(H2,7,9). The molecule has 0 saturated heterocycles. The van der Waals surface area contributed by atoms with E-state index >= 15 is 0 Å². The summed E-state index contributed by atoms with van der Waals surface area (Å²) in [6, 6.07) is 0. The van der Waals surface area contributed by atoms with Gasteiger partial charge in [0.25, 0.3) is 0 Å². The molecule has 0 atom stereocenters. The zero-order valence-electron chi connectivity index (χ0n) is 5.87. The summed E-state index contributed by atoms with van der Waals surface area (Å²) in [4.78, 5) is 8.00. The fraction of sp³-hybridized carbons (Fsp3) is 0.333. The van der Waals surface area contributed by atoms with Gasteiger partial charge < -0.3 is 15.8 Å². The molecule has 0 aromatic rings. The van der Waals surface area contributed by atoms with Gasteiger partial charge in [0.15, 0.2) is 11.7 Å². The predicted molar refractivity (Wildman–Crippen MR) is 41.1 cm³/mol. The summed E-state index contributed by atoms with van der Waals surface area (Å²) < 4.78 is 5.21. The Morgan fingerprint density at radius 3 is 3.36 bits per heavy atom. The van der Waals surface area contributed by atoms with Crippen LogP contribution in [-0.2, 0) is 4.74 Å². The van der Waals surface area contributed by atoms with Gasteiger partial charge in [-0.2, -0.15) is 0 Å². The predicted octanol–water partition coefficient (Wildman–Crippen LogP) is -0.826. The number of ether oxygens (including phenoxy) is 1. The van der Waals surface area contributed by atoms with E-state index in [1.165, 1.54) is 0 Å². The van der Waals surface area contributed by atoms with Crippen LogP contribution < -0.4 is 11.1 Å². The van der Waals surface area contributed by atoms with Crippen LogP contribution >= 0.6 is 0 Å². The highest BCUT2D eigenvalue weighted by Crippen LogP contribution is 2.11. The Hall–Kier alpha value is -1.52. The molecule has 2 aliphatic rings. The van der Waals surface area contributed by atoms with Gasteiger partial charge in [-0.05, 0) is 0 Å². The largest absolute Gasteiger partial charge is 0.481 e. The highest BCUT2D eigenvalue weighted by Gasteiger charge is 2.17. The number of nitrogens with zero attached hydrogens (tertiary/aromatic N) is 2. The van der Waals surface area contributed by atoms with Crippen molar-refractivity contribution in [3.8, 4) is 0 Å². The van der Waals surface area contributed by atoms with E-state index in [-0.39, 0.29) is 0 Å². The number of hydrogen-bond donors (Lipinski definition) is 2. The lowest BCUT2D eigenvalue weighted by atomic mass is 10.4. The molecule has 0 aromatic carbocycles. The van der Waals surface area contributed by atoms with Gasteiger partial charge in [-0.15, -0.1) is 0 Å². The smallest absolute Gasteiger partial charge is 0.204 e. The monoisotopic (exact) mass is 152 g/mol. The Morgan fingerprint density at radius 1 is 1.64 bits per heavy atom. The van der Waals surface area contributed by atoms with Crippen LogP contribution in [0.2, 0.25) is 0 Å². The molecule has 5 nitrogen and oxygen atoms in total. The van der Waals surface area contributed by atoms with Crippen LogP contribution in [0.3, 0.4) is 0 Å². The SMILES string of the molecule is NC1=NCNC2=C1OCC=N2. The van der Waals surface area contributed by atoms with E-state index < -0.39 is 0 Å². The van der Waals surface area contributed by atoms with E-state index in [1.807, 2.05) is 0 Å². The quantitative estimate of drug-likeness (QED) is 0.476. The lowest BCUT2D eigenvalue weighted by molar-refractivity contribution is 0.268. The van der Waals surface area contributed by atoms with Gasteiger partial charge >= 0.3 is 0 Å². The van der Waals surface area contributed by atoms with Crippen LogP contribution in [0.25, 0.3) is 0 Å². The summed E-state index contributed by atoms with van der Waals surface area (Å²) in [5, 5.41) is 2.94. The average Bonchev–Trinajstić information content (AvgIpc) is 2.06. The fourth-order valence-corrected chi connectivity index (χ4v) is 0.969. The van der Waals surface area contributed by atoms with E-state index in [1.54, 1.807) is 6.21 Å². The average molecular weight is 152 g/mol. The number of aliphatic imine (C=N–C) groups is 2. The number of amidine groups is 1. The third kappa shape index (κ3) is 0.938. The van der Waals surface area contributed by atoms with Crippen molar-refractivity contribution in [2.24, 2.45) is 15.7 Å². The van der Waals surface area contributed by atoms with Crippen molar-refractivity contribution < 1.29 is 4.74 Å². The number of nitrogens with two attached hydrogens (primary N) is 1. The van der Waals surface area contributed by atoms with Crippen molar-refractivity contribution in [1.29, 1.82) is 0 Å². The summed E-state index contributed by atoms with van der Waals surface area (Å²) in [6.07, 6.45) is 1.68. The molecular weight excluding hydrogens is 144 g/mol. The van der Waals surface area contributed by atoms with Crippen LogP contribution in [0.1, 0.15) is 0 Å². The third-order valence-corrected chi connectivity index (χ3v) is 1.47. The zero-order valence-corrected chi connectivity index (χ0v) is 5.87. The van der Waals surface area contributed by atoms with E-state index in [4.69, 9.17) is 10.5 Å². The normalized spacial score (nSPS) is 21.6. The molecule has 2 rings (SSSR count). The first-order valence-corrected chi connectivity index (χ1v) is 3.31. The molecule has 0 radical (unpaired) electrons. The van der Waals surface area contributed by atoms with E-state index in [9.17, 15) is 0 Å². The van der Waals surface area contributed by atoms with Crippen molar-refractivity contribution >= 4 is 12.1 Å². The maximum atomic E-state index is 5.54. The molecule has 0 fully saturated rings. The van der Waals surface area contributed by atoms with Gasteiger partial charge in [0, 0.05) is 6.21 Å². The number of hydrogen-bond acceptors (Lipinski definition) is 5. The van der Waals surface area contributed by atoms with E-state index in [2.05, 4.69) is 15.3 Å². The Balaban J connectivity index is 2.37. The van der Waals surface area contributed by atoms with Crippen molar-refractivity contribution in [2.75, 3.05) is 13.3 Å². The molecule has 11 heavy (non-hydrogen) atoms. The highest BCUT2D eigenvalue weighted by molar-refractivity contribution is 5.97. The maximum absolute atomic E-state index is 5.54. The minimum absolute atomic E-state index is 0.426. The first kappa shape index (κ1) is 6.21. The van der Waals surface area contributed by atoms with Crippen molar-refractivity contribution in [2.45, 2.75) is 0 Å². The van der Waals surface area contributed by atoms with Gasteiger partial charge in [-0.3, -0.25) is 0 Å². The summed E-state index contributed by atoms with van der Waals surface area (Å²) >= 11 is 0. The highest BCUT2D eigenvalue weighted by atomic mass is 16.5. The molecule has 0 amide bonds. The van der Waals surface area contributed by atoms with Gasteiger partial charge in [0.05, 0.1) is 0 Å². The Labute approximate surface area is 63.7 Å². The Morgan fingerprint density at radius 2 is 2.55 bits per heavy atom. The first-order chi connectivity index (χ1) is 5.38. The second kappa shape index (κ2) is 2.26. The molecule has 0 unspecified atom stereocenters. The molecular formula is C6H8N4O. The second-order valence-corrected chi connectivity index (χ2v) is 2.18. The number of nitrogens with one attached hydrogen (secondary N) is 1. The van der Waals surface area contributed by atoms with Gasteiger partial charge in [0.2, 0.25) is 5.76 Å². The van der Waals surface area contributed by atoms with Gasteiger partial charge in [-0.1, -0.05) is 0 Å². The molecule has 5 heteroatoms. The van der Waals surface area contributed by atoms with Gasteiger partial charge in [0.1, 0.15) is 13.3 Å². The summed E-state index contributed by atoms with van der Waals surface area (Å²) in [5.41, 5.74) is 5.54. The Kier molecular flexibility index (Phi) is 1.28. The van der Waals surface area contributed by atoms with Crippen molar-refractivity contribution in [1.82, 2.24) is 5.32 Å². The van der Waals surface area contributed by atoms with Crippen LogP contribution in [0.15, 0.2) is 21.6 Å². The maximum Gasteiger partial charge on any atom is 0.204 e.